The molecule has 4 N–H and O–H groups in total. The number of nitrogens with one attached hydrogen (secondary N) is 2. The highest BCUT2D eigenvalue weighted by Gasteiger charge is 2.29. The van der Waals surface area contributed by atoms with Gasteiger partial charge in [-0.1, -0.05) is 0 Å². The fourth-order valence-electron chi connectivity index (χ4n) is 2.24. The second kappa shape index (κ2) is 4.19. The molecule has 0 radical (unpaired) electrons. The molecule has 3 heterocycles. The number of nitrogens with two attached hydrogens (primary N) is 1. The molecule has 92 valence electrons. The Kier molecular flexibility index (Phi) is 2.52. The lowest BCUT2D eigenvalue weighted by Crippen LogP contribution is -2.32. The van der Waals surface area contributed by atoms with Crippen LogP contribution in [0.2, 0.25) is 0 Å². The van der Waals surface area contributed by atoms with Crippen LogP contribution in [0.3, 0.4) is 0 Å². The van der Waals surface area contributed by atoms with Gasteiger partial charge in [-0.3, -0.25) is 9.89 Å². The predicted octanol–water partition coefficient (Wildman–Crippen LogP) is -0.466. The topological polar surface area (TPSA) is 110 Å². The van der Waals surface area contributed by atoms with Gasteiger partial charge in [0.2, 0.25) is 0 Å². The van der Waals surface area contributed by atoms with E-state index in [1.807, 2.05) is 6.07 Å². The number of aromatic amines is 1. The van der Waals surface area contributed by atoms with Gasteiger partial charge in [0.05, 0.1) is 11.7 Å². The highest BCUT2D eigenvalue weighted by Crippen LogP contribution is 2.28. The first kappa shape index (κ1) is 10.8. The number of hydrogen-bond donors (Lipinski definition) is 3. The summed E-state index contributed by atoms with van der Waals surface area (Å²) in [5.41, 5.74) is 8.15. The van der Waals surface area contributed by atoms with Crippen molar-refractivity contribution < 1.29 is 4.79 Å². The first-order valence-electron chi connectivity index (χ1n) is 5.63. The summed E-state index contributed by atoms with van der Waals surface area (Å²) in [5, 5.41) is 10.2. The van der Waals surface area contributed by atoms with Crippen molar-refractivity contribution in [3.05, 3.63) is 41.2 Å². The smallest absolute Gasteiger partial charge is 0.269 e. The zero-order valence-corrected chi connectivity index (χ0v) is 9.55. The van der Waals surface area contributed by atoms with Gasteiger partial charge >= 0.3 is 0 Å². The third kappa shape index (κ3) is 1.65. The number of aromatic nitrogens is 4. The summed E-state index contributed by atoms with van der Waals surface area (Å²) in [4.78, 5) is 19.5. The molecule has 0 aromatic carbocycles. The van der Waals surface area contributed by atoms with E-state index < -0.39 is 5.91 Å². The van der Waals surface area contributed by atoms with E-state index in [4.69, 9.17) is 5.73 Å². The number of rotatable bonds is 2. The highest BCUT2D eigenvalue weighted by atomic mass is 16.1. The Morgan fingerprint density at radius 3 is 3.11 bits per heavy atom. The van der Waals surface area contributed by atoms with E-state index in [2.05, 4.69) is 25.5 Å². The van der Waals surface area contributed by atoms with Crippen molar-refractivity contribution in [2.75, 3.05) is 6.54 Å². The van der Waals surface area contributed by atoms with Gasteiger partial charge in [-0.2, -0.15) is 5.10 Å². The minimum absolute atomic E-state index is 0.169. The third-order valence-electron chi connectivity index (χ3n) is 3.03. The standard InChI is InChI=1S/C11H12N6O/c12-11(18)10-8-6(16-17-10)2-4-14-9(8)7-1-3-13-5-15-7/h1,3,5,9,14H,2,4H2,(H2,12,18)(H,16,17). The summed E-state index contributed by atoms with van der Waals surface area (Å²) in [5.74, 6) is -0.532. The molecule has 3 rings (SSSR count). The number of amides is 1. The second-order valence-electron chi connectivity index (χ2n) is 4.10. The molecule has 0 bridgehead atoms. The van der Waals surface area contributed by atoms with Crippen molar-refractivity contribution in [1.82, 2.24) is 25.5 Å². The fraction of sp³-hybridized carbons (Fsp3) is 0.273. The Morgan fingerprint density at radius 1 is 1.50 bits per heavy atom. The van der Waals surface area contributed by atoms with Crippen LogP contribution in [0.25, 0.3) is 0 Å². The Hall–Kier alpha value is -2.28. The molecule has 0 spiro atoms. The summed E-state index contributed by atoms with van der Waals surface area (Å²) < 4.78 is 0. The van der Waals surface area contributed by atoms with Crippen LogP contribution in [0.4, 0.5) is 0 Å². The van der Waals surface area contributed by atoms with E-state index in [0.29, 0.717) is 0 Å². The van der Waals surface area contributed by atoms with Gasteiger partial charge in [-0.25, -0.2) is 9.97 Å². The number of hydrogen-bond acceptors (Lipinski definition) is 5. The molecular weight excluding hydrogens is 232 g/mol. The first-order valence-corrected chi connectivity index (χ1v) is 5.63. The lowest BCUT2D eigenvalue weighted by atomic mass is 9.95. The zero-order valence-electron chi connectivity index (χ0n) is 9.55. The number of primary amides is 1. The van der Waals surface area contributed by atoms with E-state index in [-0.39, 0.29) is 11.7 Å². The third-order valence-corrected chi connectivity index (χ3v) is 3.03. The molecule has 7 nitrogen and oxygen atoms in total. The zero-order chi connectivity index (χ0) is 12.5. The molecule has 1 amide bonds. The fourth-order valence-corrected chi connectivity index (χ4v) is 2.24. The summed E-state index contributed by atoms with van der Waals surface area (Å²) >= 11 is 0. The maximum atomic E-state index is 11.4. The number of nitrogens with zero attached hydrogens (tertiary/aromatic N) is 3. The minimum atomic E-state index is -0.532. The number of carbonyl (C=O) groups excluding carboxylic acids is 1. The van der Waals surface area contributed by atoms with Gasteiger partial charge in [0.1, 0.15) is 6.33 Å². The van der Waals surface area contributed by atoms with Gasteiger partial charge < -0.3 is 11.1 Å². The van der Waals surface area contributed by atoms with Crippen LogP contribution in [0, 0.1) is 0 Å². The van der Waals surface area contributed by atoms with Crippen molar-refractivity contribution in [3.8, 4) is 0 Å². The Morgan fingerprint density at radius 2 is 2.39 bits per heavy atom. The van der Waals surface area contributed by atoms with Crippen molar-refractivity contribution in [2.24, 2.45) is 5.73 Å². The normalized spacial score (nSPS) is 18.3. The predicted molar refractivity (Wildman–Crippen MR) is 62.7 cm³/mol. The molecule has 1 aliphatic rings. The molecule has 1 unspecified atom stereocenters. The van der Waals surface area contributed by atoms with Gasteiger partial charge in [-0.05, 0) is 6.07 Å². The molecule has 18 heavy (non-hydrogen) atoms. The Labute approximate surface area is 103 Å². The van der Waals surface area contributed by atoms with Crippen LogP contribution < -0.4 is 11.1 Å². The molecule has 1 atom stereocenters. The Balaban J connectivity index is 2.11. The van der Waals surface area contributed by atoms with Crippen LogP contribution in [-0.2, 0) is 6.42 Å². The number of H-pyrrole nitrogens is 1. The molecule has 2 aromatic rings. The van der Waals surface area contributed by atoms with Gasteiger partial charge in [0.25, 0.3) is 5.91 Å². The molecule has 1 aliphatic heterocycles. The van der Waals surface area contributed by atoms with Crippen LogP contribution in [0.1, 0.15) is 33.5 Å². The lowest BCUT2D eigenvalue weighted by molar-refractivity contribution is 0.0994. The van der Waals surface area contributed by atoms with Crippen molar-refractivity contribution in [3.63, 3.8) is 0 Å². The molecular formula is C11H12N6O. The SMILES string of the molecule is NC(=O)c1n[nH]c2c1C(c1ccncn1)NCC2. The van der Waals surface area contributed by atoms with Gasteiger partial charge in [0.15, 0.2) is 5.69 Å². The van der Waals surface area contributed by atoms with Crippen molar-refractivity contribution >= 4 is 5.91 Å². The van der Waals surface area contributed by atoms with Crippen molar-refractivity contribution in [1.29, 1.82) is 0 Å². The molecule has 0 aliphatic carbocycles. The van der Waals surface area contributed by atoms with Gasteiger partial charge in [-0.15, -0.1) is 0 Å². The average molecular weight is 244 g/mol. The maximum Gasteiger partial charge on any atom is 0.269 e. The summed E-state index contributed by atoms with van der Waals surface area (Å²) in [6, 6.07) is 1.64. The van der Waals surface area contributed by atoms with Gasteiger partial charge in [0, 0.05) is 30.4 Å². The summed E-state index contributed by atoms with van der Waals surface area (Å²) in [7, 11) is 0. The van der Waals surface area contributed by atoms with Crippen LogP contribution in [-0.4, -0.2) is 32.6 Å². The first-order chi connectivity index (χ1) is 8.77. The second-order valence-corrected chi connectivity index (χ2v) is 4.10. The average Bonchev–Trinajstić information content (AvgIpc) is 2.83. The molecule has 0 fully saturated rings. The van der Waals surface area contributed by atoms with E-state index in [1.54, 1.807) is 6.20 Å². The van der Waals surface area contributed by atoms with E-state index >= 15 is 0 Å². The largest absolute Gasteiger partial charge is 0.364 e. The quantitative estimate of drug-likeness (QED) is 0.661. The number of fused-ring (bicyclic) bond motifs is 1. The molecule has 7 heteroatoms. The number of carbonyl (C=O) groups is 1. The molecule has 0 saturated carbocycles. The van der Waals surface area contributed by atoms with Crippen LogP contribution >= 0.6 is 0 Å². The van der Waals surface area contributed by atoms with Crippen molar-refractivity contribution in [2.45, 2.75) is 12.5 Å². The Bertz CT molecular complexity index is 578. The molecule has 2 aromatic heterocycles. The minimum Gasteiger partial charge on any atom is -0.364 e. The van der Waals surface area contributed by atoms with E-state index in [0.717, 1.165) is 29.9 Å². The van der Waals surface area contributed by atoms with Crippen LogP contribution in [0.5, 0.6) is 0 Å². The maximum absolute atomic E-state index is 11.4. The van der Waals surface area contributed by atoms with E-state index in [9.17, 15) is 4.79 Å². The summed E-state index contributed by atoms with van der Waals surface area (Å²) in [6.45, 7) is 0.794. The lowest BCUT2D eigenvalue weighted by Gasteiger charge is -2.23. The highest BCUT2D eigenvalue weighted by molar-refractivity contribution is 5.93. The van der Waals surface area contributed by atoms with E-state index in [1.165, 1.54) is 6.33 Å². The molecule has 0 saturated heterocycles. The summed E-state index contributed by atoms with van der Waals surface area (Å²) in [6.07, 6.45) is 3.94. The van der Waals surface area contributed by atoms with Crippen LogP contribution in [0.15, 0.2) is 18.6 Å². The monoisotopic (exact) mass is 244 g/mol.